The molecule has 0 fully saturated rings. The van der Waals surface area contributed by atoms with Gasteiger partial charge in [0, 0.05) is 11.3 Å². The lowest BCUT2D eigenvalue weighted by molar-refractivity contribution is 0.414. The average Bonchev–Trinajstić information content (AvgIpc) is 3.15. The van der Waals surface area contributed by atoms with Crippen LogP contribution in [0, 0.1) is 0 Å². The maximum Gasteiger partial charge on any atom is 0.277 e. The predicted octanol–water partition coefficient (Wildman–Crippen LogP) is 2.48. The van der Waals surface area contributed by atoms with Crippen LogP contribution in [-0.2, 0) is 12.3 Å². The third-order valence-corrected chi connectivity index (χ3v) is 3.39. The van der Waals surface area contributed by atoms with Crippen molar-refractivity contribution in [1.82, 2.24) is 15.2 Å². The van der Waals surface area contributed by atoms with E-state index >= 15 is 0 Å². The van der Waals surface area contributed by atoms with E-state index in [0.29, 0.717) is 22.8 Å². The lowest BCUT2D eigenvalue weighted by Gasteiger charge is -1.93. The molecule has 0 atom stereocenters. The first-order valence-electron chi connectivity index (χ1n) is 6.00. The summed E-state index contributed by atoms with van der Waals surface area (Å²) in [6.45, 7) is 0.246. The summed E-state index contributed by atoms with van der Waals surface area (Å²) in [6, 6.07) is 9.75. The van der Waals surface area contributed by atoms with E-state index in [0.717, 1.165) is 11.3 Å². The average molecular weight is 288 g/mol. The Bertz CT molecular complexity index is 681. The van der Waals surface area contributed by atoms with Gasteiger partial charge in [-0.15, -0.1) is 10.2 Å². The zero-order valence-corrected chi connectivity index (χ0v) is 11.3. The van der Waals surface area contributed by atoms with Crippen LogP contribution in [-0.4, -0.2) is 15.2 Å². The Hall–Kier alpha value is -2.12. The number of nitrogens with zero attached hydrogens (tertiary/aromatic N) is 3. The van der Waals surface area contributed by atoms with Crippen LogP contribution in [0.15, 0.2) is 50.7 Å². The van der Waals surface area contributed by atoms with Crippen molar-refractivity contribution in [2.45, 2.75) is 17.5 Å². The van der Waals surface area contributed by atoms with Crippen molar-refractivity contribution in [2.24, 2.45) is 5.73 Å². The van der Waals surface area contributed by atoms with E-state index in [-0.39, 0.29) is 6.54 Å². The fourth-order valence-corrected chi connectivity index (χ4v) is 2.26. The third-order valence-electron chi connectivity index (χ3n) is 2.54. The highest BCUT2D eigenvalue weighted by atomic mass is 32.2. The molecule has 3 rings (SSSR count). The van der Waals surface area contributed by atoms with Gasteiger partial charge in [0.25, 0.3) is 5.22 Å². The quantitative estimate of drug-likeness (QED) is 0.721. The number of hydrogen-bond acceptors (Lipinski definition) is 7. The smallest absolute Gasteiger partial charge is 0.277 e. The summed E-state index contributed by atoms with van der Waals surface area (Å²) in [5.74, 6) is 1.63. The second kappa shape index (κ2) is 5.89. The summed E-state index contributed by atoms with van der Waals surface area (Å²) >= 11 is 1.40. The van der Waals surface area contributed by atoms with Crippen molar-refractivity contribution in [3.63, 3.8) is 0 Å². The first-order chi connectivity index (χ1) is 9.85. The summed E-state index contributed by atoms with van der Waals surface area (Å²) in [7, 11) is 0. The number of aromatic nitrogens is 3. The van der Waals surface area contributed by atoms with Gasteiger partial charge in [-0.25, -0.2) is 4.98 Å². The van der Waals surface area contributed by atoms with E-state index < -0.39 is 0 Å². The predicted molar refractivity (Wildman–Crippen MR) is 73.7 cm³/mol. The molecule has 0 aliphatic heterocycles. The van der Waals surface area contributed by atoms with E-state index in [9.17, 15) is 0 Å². The minimum absolute atomic E-state index is 0.246. The van der Waals surface area contributed by atoms with Crippen molar-refractivity contribution in [2.75, 3.05) is 0 Å². The van der Waals surface area contributed by atoms with Gasteiger partial charge < -0.3 is 14.6 Å². The highest BCUT2D eigenvalue weighted by Crippen LogP contribution is 2.23. The minimum atomic E-state index is 0.246. The Morgan fingerprint density at radius 1 is 1.15 bits per heavy atom. The molecule has 0 amide bonds. The lowest BCUT2D eigenvalue weighted by atomic mass is 10.2. The first-order valence-corrected chi connectivity index (χ1v) is 6.99. The van der Waals surface area contributed by atoms with Gasteiger partial charge in [-0.2, -0.15) is 0 Å². The Morgan fingerprint density at radius 2 is 2.00 bits per heavy atom. The van der Waals surface area contributed by atoms with Gasteiger partial charge in [0.2, 0.25) is 11.8 Å². The van der Waals surface area contributed by atoms with Crippen LogP contribution >= 0.6 is 11.8 Å². The Balaban J connectivity index is 1.65. The van der Waals surface area contributed by atoms with Crippen molar-refractivity contribution >= 4 is 11.8 Å². The molecule has 102 valence electrons. The second-order valence-electron chi connectivity index (χ2n) is 3.96. The van der Waals surface area contributed by atoms with E-state index in [1.165, 1.54) is 11.8 Å². The van der Waals surface area contributed by atoms with Crippen LogP contribution in [0.2, 0.25) is 0 Å². The van der Waals surface area contributed by atoms with Crippen molar-refractivity contribution in [3.8, 4) is 11.5 Å². The number of nitrogens with two attached hydrogens (primary N) is 1. The van der Waals surface area contributed by atoms with Crippen molar-refractivity contribution in [3.05, 3.63) is 48.2 Å². The molecule has 2 N–H and O–H groups in total. The number of oxazole rings is 1. The van der Waals surface area contributed by atoms with Gasteiger partial charge in [0.1, 0.15) is 6.26 Å². The fraction of sp³-hybridized carbons (Fsp3) is 0.154. The zero-order valence-electron chi connectivity index (χ0n) is 10.5. The highest BCUT2D eigenvalue weighted by molar-refractivity contribution is 7.98. The van der Waals surface area contributed by atoms with Gasteiger partial charge in [0.05, 0.1) is 12.2 Å². The second-order valence-corrected chi connectivity index (χ2v) is 4.89. The fourth-order valence-electron chi connectivity index (χ4n) is 1.60. The van der Waals surface area contributed by atoms with Gasteiger partial charge >= 0.3 is 0 Å². The SMILES string of the molecule is NCc1nnc(SCc2coc(-c3ccccc3)n2)o1. The standard InChI is InChI=1S/C13H12N4O2S/c14-6-11-16-17-13(19-11)20-8-10-7-18-12(15-10)9-4-2-1-3-5-9/h1-5,7H,6,8,14H2. The van der Waals surface area contributed by atoms with E-state index in [1.807, 2.05) is 30.3 Å². The Kier molecular flexibility index (Phi) is 3.80. The summed E-state index contributed by atoms with van der Waals surface area (Å²) in [5, 5.41) is 8.15. The molecule has 3 aromatic rings. The molecule has 0 bridgehead atoms. The summed E-state index contributed by atoms with van der Waals surface area (Å²) < 4.78 is 10.8. The molecule has 20 heavy (non-hydrogen) atoms. The third kappa shape index (κ3) is 2.89. The summed E-state index contributed by atoms with van der Waals surface area (Å²) in [6.07, 6.45) is 1.63. The molecule has 6 nitrogen and oxygen atoms in total. The molecule has 0 aliphatic rings. The van der Waals surface area contributed by atoms with Crippen molar-refractivity contribution < 1.29 is 8.83 Å². The van der Waals surface area contributed by atoms with E-state index in [2.05, 4.69) is 15.2 Å². The molecule has 0 spiro atoms. The van der Waals surface area contributed by atoms with Gasteiger partial charge in [-0.1, -0.05) is 30.0 Å². The van der Waals surface area contributed by atoms with E-state index in [1.54, 1.807) is 6.26 Å². The lowest BCUT2D eigenvalue weighted by Crippen LogP contribution is -1.95. The number of benzene rings is 1. The molecule has 7 heteroatoms. The first kappa shape index (κ1) is 12.9. The molecule has 1 aromatic carbocycles. The zero-order chi connectivity index (χ0) is 13.8. The number of hydrogen-bond donors (Lipinski definition) is 1. The van der Waals surface area contributed by atoms with Gasteiger partial charge in [-0.05, 0) is 12.1 Å². The summed E-state index contributed by atoms with van der Waals surface area (Å²) in [4.78, 5) is 4.42. The molecular weight excluding hydrogens is 276 g/mol. The molecule has 0 saturated carbocycles. The normalized spacial score (nSPS) is 10.8. The molecular formula is C13H12N4O2S. The number of rotatable bonds is 5. The molecule has 2 aromatic heterocycles. The van der Waals surface area contributed by atoms with Crippen LogP contribution in [0.1, 0.15) is 11.6 Å². The number of thioether (sulfide) groups is 1. The molecule has 0 radical (unpaired) electrons. The van der Waals surface area contributed by atoms with E-state index in [4.69, 9.17) is 14.6 Å². The molecule has 0 saturated heterocycles. The minimum Gasteiger partial charge on any atom is -0.444 e. The molecule has 0 unspecified atom stereocenters. The van der Waals surface area contributed by atoms with Crippen LogP contribution in [0.5, 0.6) is 0 Å². The maximum atomic E-state index is 5.45. The Morgan fingerprint density at radius 3 is 2.75 bits per heavy atom. The molecule has 2 heterocycles. The summed E-state index contributed by atoms with van der Waals surface area (Å²) in [5.41, 5.74) is 7.18. The van der Waals surface area contributed by atoms with Crippen molar-refractivity contribution in [1.29, 1.82) is 0 Å². The highest BCUT2D eigenvalue weighted by Gasteiger charge is 2.09. The maximum absolute atomic E-state index is 5.45. The van der Waals surface area contributed by atoms with Crippen LogP contribution < -0.4 is 5.73 Å². The largest absolute Gasteiger partial charge is 0.444 e. The van der Waals surface area contributed by atoms with Gasteiger partial charge in [-0.3, -0.25) is 0 Å². The van der Waals surface area contributed by atoms with Gasteiger partial charge in [0.15, 0.2) is 0 Å². The molecule has 0 aliphatic carbocycles. The van der Waals surface area contributed by atoms with Crippen LogP contribution in [0.3, 0.4) is 0 Å². The topological polar surface area (TPSA) is 91.0 Å². The van der Waals surface area contributed by atoms with Crippen LogP contribution in [0.25, 0.3) is 11.5 Å². The monoisotopic (exact) mass is 288 g/mol. The van der Waals surface area contributed by atoms with Crippen LogP contribution in [0.4, 0.5) is 0 Å². The Labute approximate surface area is 119 Å².